The zero-order valence-electron chi connectivity index (χ0n) is 19.3. The van der Waals surface area contributed by atoms with Crippen molar-refractivity contribution in [1.82, 2.24) is 4.57 Å². The Balaban J connectivity index is 1.48. The largest absolute Gasteiger partial charge is 0.319 e. The van der Waals surface area contributed by atoms with Crippen LogP contribution in [-0.2, 0) is 17.1 Å². The SMILES string of the molecule is CCN(c1ccccc1)S(=O)(=O)c1ccc(C(=O)N=c2sc3c4ccccc4ccc3n2C)cc1. The van der Waals surface area contributed by atoms with Crippen LogP contribution in [0.2, 0.25) is 0 Å². The highest BCUT2D eigenvalue weighted by molar-refractivity contribution is 7.92. The van der Waals surface area contributed by atoms with Gasteiger partial charge in [-0.25, -0.2) is 8.42 Å². The number of nitrogens with zero attached hydrogens (tertiary/aromatic N) is 3. The first kappa shape index (κ1) is 23.0. The maximum atomic E-state index is 13.2. The Kier molecular flexibility index (Phi) is 6.00. The molecule has 0 radical (unpaired) electrons. The lowest BCUT2D eigenvalue weighted by Gasteiger charge is -2.22. The maximum absolute atomic E-state index is 13.2. The van der Waals surface area contributed by atoms with E-state index in [4.69, 9.17) is 0 Å². The molecule has 1 aromatic heterocycles. The standard InChI is InChI=1S/C27H23N3O3S2/c1-3-30(21-10-5-4-6-11-21)35(32,33)22-16-13-20(14-17-22)26(31)28-27-29(2)24-18-15-19-9-7-8-12-23(19)25(24)34-27/h4-18H,3H2,1-2H3. The van der Waals surface area contributed by atoms with E-state index in [9.17, 15) is 13.2 Å². The normalized spacial score (nSPS) is 12.3. The number of hydrogen-bond acceptors (Lipinski definition) is 4. The molecule has 0 fully saturated rings. The summed E-state index contributed by atoms with van der Waals surface area (Å²) in [5, 5.41) is 2.25. The van der Waals surface area contributed by atoms with Gasteiger partial charge in [-0.3, -0.25) is 9.10 Å². The molecule has 0 saturated heterocycles. The molecule has 35 heavy (non-hydrogen) atoms. The van der Waals surface area contributed by atoms with Gasteiger partial charge in [0, 0.05) is 24.5 Å². The van der Waals surface area contributed by atoms with Crippen molar-refractivity contribution in [1.29, 1.82) is 0 Å². The van der Waals surface area contributed by atoms with Crippen molar-refractivity contribution in [3.8, 4) is 0 Å². The molecule has 176 valence electrons. The molecule has 1 heterocycles. The van der Waals surface area contributed by atoms with E-state index in [1.165, 1.54) is 39.9 Å². The molecular formula is C27H23N3O3S2. The molecule has 0 aliphatic rings. The van der Waals surface area contributed by atoms with Crippen molar-refractivity contribution in [2.45, 2.75) is 11.8 Å². The molecule has 0 atom stereocenters. The van der Waals surface area contributed by atoms with Gasteiger partial charge in [-0.1, -0.05) is 59.9 Å². The minimum absolute atomic E-state index is 0.124. The number of aryl methyl sites for hydroxylation is 1. The number of thiazole rings is 1. The first-order chi connectivity index (χ1) is 16.9. The Morgan fingerprint density at radius 1 is 0.914 bits per heavy atom. The van der Waals surface area contributed by atoms with Crippen molar-refractivity contribution in [3.63, 3.8) is 0 Å². The van der Waals surface area contributed by atoms with Crippen molar-refractivity contribution in [2.24, 2.45) is 12.0 Å². The second kappa shape index (κ2) is 9.13. The van der Waals surface area contributed by atoms with Gasteiger partial charge in [-0.2, -0.15) is 4.99 Å². The van der Waals surface area contributed by atoms with E-state index in [1.54, 1.807) is 31.2 Å². The second-order valence-electron chi connectivity index (χ2n) is 8.03. The molecule has 0 bridgehead atoms. The monoisotopic (exact) mass is 501 g/mol. The molecule has 0 N–H and O–H groups in total. The number of rotatable bonds is 5. The molecule has 0 aliphatic carbocycles. The zero-order valence-corrected chi connectivity index (χ0v) is 20.9. The van der Waals surface area contributed by atoms with Gasteiger partial charge >= 0.3 is 0 Å². The molecule has 4 aromatic carbocycles. The topological polar surface area (TPSA) is 71.7 Å². The van der Waals surface area contributed by atoms with E-state index in [1.807, 2.05) is 35.9 Å². The average Bonchev–Trinajstić information content (AvgIpc) is 3.20. The minimum atomic E-state index is -3.76. The fourth-order valence-corrected chi connectivity index (χ4v) is 6.72. The third kappa shape index (κ3) is 4.15. The Bertz CT molecular complexity index is 1720. The number of sulfonamides is 1. The molecule has 8 heteroatoms. The summed E-state index contributed by atoms with van der Waals surface area (Å²) in [7, 11) is -1.87. The molecular weight excluding hydrogens is 478 g/mol. The number of carbonyl (C=O) groups is 1. The second-order valence-corrected chi connectivity index (χ2v) is 10.9. The van der Waals surface area contributed by atoms with Crippen LogP contribution in [0.5, 0.6) is 0 Å². The van der Waals surface area contributed by atoms with Crippen molar-refractivity contribution in [2.75, 3.05) is 10.8 Å². The van der Waals surface area contributed by atoms with Crippen LogP contribution in [-0.4, -0.2) is 25.4 Å². The van der Waals surface area contributed by atoms with Gasteiger partial charge in [0.15, 0.2) is 4.80 Å². The van der Waals surface area contributed by atoms with Gasteiger partial charge in [0.1, 0.15) is 0 Å². The number of hydrogen-bond donors (Lipinski definition) is 0. The summed E-state index contributed by atoms with van der Waals surface area (Å²) in [6, 6.07) is 27.1. The molecule has 1 amide bonds. The summed E-state index contributed by atoms with van der Waals surface area (Å²) in [5.74, 6) is -0.421. The summed E-state index contributed by atoms with van der Waals surface area (Å²) >= 11 is 1.46. The smallest absolute Gasteiger partial charge is 0.279 e. The molecule has 6 nitrogen and oxygen atoms in total. The van der Waals surface area contributed by atoms with Crippen LogP contribution in [0.25, 0.3) is 21.0 Å². The highest BCUT2D eigenvalue weighted by Gasteiger charge is 2.23. The molecule has 0 saturated carbocycles. The Morgan fingerprint density at radius 3 is 2.31 bits per heavy atom. The lowest BCUT2D eigenvalue weighted by molar-refractivity contribution is 0.0998. The zero-order chi connectivity index (χ0) is 24.6. The number of fused-ring (bicyclic) bond motifs is 3. The fourth-order valence-electron chi connectivity index (χ4n) is 4.10. The van der Waals surface area contributed by atoms with Crippen LogP contribution < -0.4 is 9.11 Å². The molecule has 0 spiro atoms. The first-order valence-corrected chi connectivity index (χ1v) is 13.4. The van der Waals surface area contributed by atoms with Gasteiger partial charge in [-0.15, -0.1) is 0 Å². The van der Waals surface area contributed by atoms with E-state index < -0.39 is 15.9 Å². The fraction of sp³-hybridized carbons (Fsp3) is 0.111. The third-order valence-electron chi connectivity index (χ3n) is 5.92. The predicted molar refractivity (Wildman–Crippen MR) is 141 cm³/mol. The van der Waals surface area contributed by atoms with Crippen LogP contribution in [0, 0.1) is 0 Å². The number of amides is 1. The third-order valence-corrected chi connectivity index (χ3v) is 9.02. The van der Waals surface area contributed by atoms with Crippen LogP contribution in [0.15, 0.2) is 101 Å². The van der Waals surface area contributed by atoms with Crippen LogP contribution in [0.4, 0.5) is 5.69 Å². The average molecular weight is 502 g/mol. The maximum Gasteiger partial charge on any atom is 0.279 e. The Hall–Kier alpha value is -3.75. The van der Waals surface area contributed by atoms with Crippen molar-refractivity contribution < 1.29 is 13.2 Å². The summed E-state index contributed by atoms with van der Waals surface area (Å²) < 4.78 is 30.7. The number of anilines is 1. The number of aromatic nitrogens is 1. The lowest BCUT2D eigenvalue weighted by atomic mass is 10.1. The first-order valence-electron chi connectivity index (χ1n) is 11.1. The Morgan fingerprint density at radius 2 is 1.60 bits per heavy atom. The van der Waals surface area contributed by atoms with E-state index in [-0.39, 0.29) is 4.90 Å². The van der Waals surface area contributed by atoms with Crippen LogP contribution in [0.3, 0.4) is 0 Å². The van der Waals surface area contributed by atoms with E-state index >= 15 is 0 Å². The number of benzene rings is 4. The van der Waals surface area contributed by atoms with E-state index in [0.29, 0.717) is 22.6 Å². The molecule has 5 rings (SSSR count). The lowest BCUT2D eigenvalue weighted by Crippen LogP contribution is -2.30. The summed E-state index contributed by atoms with van der Waals surface area (Å²) in [4.78, 5) is 18.0. The van der Waals surface area contributed by atoms with Gasteiger partial charge in [-0.05, 0) is 54.8 Å². The highest BCUT2D eigenvalue weighted by Crippen LogP contribution is 2.27. The van der Waals surface area contributed by atoms with Gasteiger partial charge in [0.05, 0.1) is 20.8 Å². The number of carbonyl (C=O) groups excluding carboxylic acids is 1. The number of para-hydroxylation sites is 1. The Labute approximate surface area is 207 Å². The molecule has 0 unspecified atom stereocenters. The van der Waals surface area contributed by atoms with Gasteiger partial charge in [0.25, 0.3) is 15.9 Å². The predicted octanol–water partition coefficient (Wildman–Crippen LogP) is 5.35. The van der Waals surface area contributed by atoms with E-state index in [0.717, 1.165) is 21.0 Å². The quantitative estimate of drug-likeness (QED) is 0.326. The van der Waals surface area contributed by atoms with Gasteiger partial charge in [0.2, 0.25) is 0 Å². The van der Waals surface area contributed by atoms with Crippen LogP contribution >= 0.6 is 11.3 Å². The minimum Gasteiger partial charge on any atom is -0.319 e. The highest BCUT2D eigenvalue weighted by atomic mass is 32.2. The van der Waals surface area contributed by atoms with Gasteiger partial charge < -0.3 is 4.57 Å². The van der Waals surface area contributed by atoms with Crippen molar-refractivity contribution in [3.05, 3.63) is 101 Å². The summed E-state index contributed by atoms with van der Waals surface area (Å²) in [5.41, 5.74) is 1.92. The summed E-state index contributed by atoms with van der Waals surface area (Å²) in [6.45, 7) is 2.08. The molecule has 0 aliphatic heterocycles. The summed E-state index contributed by atoms with van der Waals surface area (Å²) in [6.07, 6.45) is 0. The van der Waals surface area contributed by atoms with E-state index in [2.05, 4.69) is 23.2 Å². The molecule has 5 aromatic rings. The van der Waals surface area contributed by atoms with Crippen molar-refractivity contribution >= 4 is 53.9 Å². The van der Waals surface area contributed by atoms with Crippen LogP contribution in [0.1, 0.15) is 17.3 Å².